The zero-order valence-electron chi connectivity index (χ0n) is 11.0. The highest BCUT2D eigenvalue weighted by atomic mass is 19.1. The Morgan fingerprint density at radius 1 is 1.40 bits per heavy atom. The van der Waals surface area contributed by atoms with E-state index in [0.29, 0.717) is 5.76 Å². The number of hydrogen-bond acceptors (Lipinski definition) is 3. The average Bonchev–Trinajstić information content (AvgIpc) is 2.78. The Morgan fingerprint density at radius 3 is 2.75 bits per heavy atom. The lowest BCUT2D eigenvalue weighted by Crippen LogP contribution is -2.31. The van der Waals surface area contributed by atoms with Crippen LogP contribution in [0.25, 0.3) is 0 Å². The Balaban J connectivity index is 2.00. The molecular formula is C13H13F2N3O2. The molecule has 2 amide bonds. The van der Waals surface area contributed by atoms with Crippen molar-refractivity contribution in [3.8, 4) is 0 Å². The van der Waals surface area contributed by atoms with E-state index in [1.165, 1.54) is 18.0 Å². The number of carbonyl (C=O) groups is 1. The van der Waals surface area contributed by atoms with Crippen molar-refractivity contribution in [3.05, 3.63) is 47.2 Å². The van der Waals surface area contributed by atoms with Gasteiger partial charge < -0.3 is 9.42 Å². The van der Waals surface area contributed by atoms with Crippen LogP contribution in [0.15, 0.2) is 28.8 Å². The standard InChI is InChI=1S/C13H13F2N3O2/c1-8-5-12(17-20-8)16-13(19)18(2)7-9-3-4-10(14)6-11(9)15/h3-6H,7H2,1-2H3,(H,16,17,19). The molecule has 2 aromatic rings. The number of carbonyl (C=O) groups excluding carboxylic acids is 1. The average molecular weight is 281 g/mol. The molecule has 0 saturated heterocycles. The third-order valence-electron chi connectivity index (χ3n) is 2.63. The first-order chi connectivity index (χ1) is 9.45. The van der Waals surface area contributed by atoms with Crippen molar-refractivity contribution in [3.63, 3.8) is 0 Å². The predicted octanol–water partition coefficient (Wildman–Crippen LogP) is 2.93. The van der Waals surface area contributed by atoms with Crippen LogP contribution in [-0.4, -0.2) is 23.1 Å². The van der Waals surface area contributed by atoms with Crippen molar-refractivity contribution in [2.75, 3.05) is 12.4 Å². The summed E-state index contributed by atoms with van der Waals surface area (Å²) in [4.78, 5) is 13.1. The van der Waals surface area contributed by atoms with Crippen LogP contribution < -0.4 is 5.32 Å². The second kappa shape index (κ2) is 5.68. The molecule has 0 unspecified atom stereocenters. The Kier molecular flexibility index (Phi) is 3.97. The molecule has 1 aromatic heterocycles. The number of nitrogens with zero attached hydrogens (tertiary/aromatic N) is 2. The number of anilines is 1. The molecule has 0 spiro atoms. The number of aryl methyl sites for hydroxylation is 1. The fourth-order valence-corrected chi connectivity index (χ4v) is 1.61. The predicted molar refractivity (Wildman–Crippen MR) is 68.1 cm³/mol. The summed E-state index contributed by atoms with van der Waals surface area (Å²) in [7, 11) is 1.49. The summed E-state index contributed by atoms with van der Waals surface area (Å²) >= 11 is 0. The molecule has 0 radical (unpaired) electrons. The van der Waals surface area contributed by atoms with Crippen molar-refractivity contribution >= 4 is 11.8 Å². The van der Waals surface area contributed by atoms with Crippen LogP contribution in [0.2, 0.25) is 0 Å². The second-order valence-corrected chi connectivity index (χ2v) is 4.34. The van der Waals surface area contributed by atoms with Gasteiger partial charge in [-0.25, -0.2) is 13.6 Å². The van der Waals surface area contributed by atoms with Crippen molar-refractivity contribution in [1.82, 2.24) is 10.1 Å². The van der Waals surface area contributed by atoms with Crippen molar-refractivity contribution in [2.24, 2.45) is 0 Å². The normalized spacial score (nSPS) is 10.4. The Hall–Kier alpha value is -2.44. The summed E-state index contributed by atoms with van der Waals surface area (Å²) in [6, 6.07) is 4.31. The van der Waals surface area contributed by atoms with Crippen LogP contribution in [0, 0.1) is 18.6 Å². The zero-order valence-corrected chi connectivity index (χ0v) is 11.0. The number of rotatable bonds is 3. The molecular weight excluding hydrogens is 268 g/mol. The smallest absolute Gasteiger partial charge is 0.323 e. The maximum Gasteiger partial charge on any atom is 0.323 e. The van der Waals surface area contributed by atoms with Gasteiger partial charge in [0, 0.05) is 31.3 Å². The molecule has 0 aliphatic carbocycles. The molecule has 0 aliphatic rings. The molecule has 1 aromatic carbocycles. The fraction of sp³-hybridized carbons (Fsp3) is 0.231. The van der Waals surface area contributed by atoms with Gasteiger partial charge in [0.1, 0.15) is 17.4 Å². The summed E-state index contributed by atoms with van der Waals surface area (Å²) in [6.45, 7) is 1.70. The molecule has 106 valence electrons. The number of aromatic nitrogens is 1. The first kappa shape index (κ1) is 14.0. The van der Waals surface area contributed by atoms with Gasteiger partial charge in [0.05, 0.1) is 0 Å². The monoisotopic (exact) mass is 281 g/mol. The molecule has 7 heteroatoms. The lowest BCUT2D eigenvalue weighted by Gasteiger charge is -2.17. The summed E-state index contributed by atoms with van der Waals surface area (Å²) in [6.07, 6.45) is 0. The molecule has 20 heavy (non-hydrogen) atoms. The van der Waals surface area contributed by atoms with E-state index in [9.17, 15) is 13.6 Å². The molecule has 0 fully saturated rings. The van der Waals surface area contributed by atoms with Crippen LogP contribution in [0.3, 0.4) is 0 Å². The Morgan fingerprint density at radius 2 is 2.15 bits per heavy atom. The summed E-state index contributed by atoms with van der Waals surface area (Å²) in [5.41, 5.74) is 0.223. The molecule has 1 N–H and O–H groups in total. The Labute approximate surface area is 114 Å². The van der Waals surface area contributed by atoms with E-state index in [0.717, 1.165) is 12.1 Å². The van der Waals surface area contributed by atoms with Crippen LogP contribution >= 0.6 is 0 Å². The maximum absolute atomic E-state index is 13.5. The summed E-state index contributed by atoms with van der Waals surface area (Å²) in [5, 5.41) is 6.12. The van der Waals surface area contributed by atoms with Gasteiger partial charge in [0.25, 0.3) is 0 Å². The van der Waals surface area contributed by atoms with Gasteiger partial charge in [-0.15, -0.1) is 0 Å². The molecule has 1 heterocycles. The third-order valence-corrected chi connectivity index (χ3v) is 2.63. The lowest BCUT2D eigenvalue weighted by molar-refractivity contribution is 0.220. The van der Waals surface area contributed by atoms with E-state index in [1.807, 2.05) is 0 Å². The quantitative estimate of drug-likeness (QED) is 0.941. The first-order valence-corrected chi connectivity index (χ1v) is 5.85. The number of halogens is 2. The highest BCUT2D eigenvalue weighted by molar-refractivity contribution is 5.88. The molecule has 0 atom stereocenters. The molecule has 2 rings (SSSR count). The van der Waals surface area contributed by atoms with E-state index in [4.69, 9.17) is 4.52 Å². The van der Waals surface area contributed by atoms with Crippen molar-refractivity contribution < 1.29 is 18.1 Å². The number of amides is 2. The van der Waals surface area contributed by atoms with Crippen LogP contribution in [0.4, 0.5) is 19.4 Å². The van der Waals surface area contributed by atoms with Gasteiger partial charge in [0.2, 0.25) is 0 Å². The summed E-state index contributed by atoms with van der Waals surface area (Å²) < 4.78 is 31.1. The van der Waals surface area contributed by atoms with Gasteiger partial charge in [-0.2, -0.15) is 0 Å². The minimum Gasteiger partial charge on any atom is -0.360 e. The number of nitrogens with one attached hydrogen (secondary N) is 1. The lowest BCUT2D eigenvalue weighted by atomic mass is 10.2. The van der Waals surface area contributed by atoms with Gasteiger partial charge in [-0.3, -0.25) is 5.32 Å². The van der Waals surface area contributed by atoms with E-state index in [-0.39, 0.29) is 17.9 Å². The Bertz CT molecular complexity index is 628. The molecule has 0 saturated carbocycles. The molecule has 0 aliphatic heterocycles. The van der Waals surface area contributed by atoms with Crippen LogP contribution in [0.5, 0.6) is 0 Å². The zero-order chi connectivity index (χ0) is 14.7. The van der Waals surface area contributed by atoms with Crippen molar-refractivity contribution in [2.45, 2.75) is 13.5 Å². The van der Waals surface area contributed by atoms with Crippen LogP contribution in [0.1, 0.15) is 11.3 Å². The number of hydrogen-bond donors (Lipinski definition) is 1. The third kappa shape index (κ3) is 3.31. The van der Waals surface area contributed by atoms with Crippen LogP contribution in [-0.2, 0) is 6.54 Å². The van der Waals surface area contributed by atoms with Crippen molar-refractivity contribution in [1.29, 1.82) is 0 Å². The van der Waals surface area contributed by atoms with E-state index in [2.05, 4.69) is 10.5 Å². The first-order valence-electron chi connectivity index (χ1n) is 5.85. The topological polar surface area (TPSA) is 58.4 Å². The van der Waals surface area contributed by atoms with Gasteiger partial charge in [-0.1, -0.05) is 11.2 Å². The van der Waals surface area contributed by atoms with Gasteiger partial charge in [0.15, 0.2) is 5.82 Å². The van der Waals surface area contributed by atoms with E-state index in [1.54, 1.807) is 13.0 Å². The highest BCUT2D eigenvalue weighted by Crippen LogP contribution is 2.13. The second-order valence-electron chi connectivity index (χ2n) is 4.34. The van der Waals surface area contributed by atoms with Gasteiger partial charge in [-0.05, 0) is 13.0 Å². The van der Waals surface area contributed by atoms with E-state index < -0.39 is 17.7 Å². The molecule has 0 bridgehead atoms. The number of benzene rings is 1. The summed E-state index contributed by atoms with van der Waals surface area (Å²) in [5.74, 6) is -0.509. The highest BCUT2D eigenvalue weighted by Gasteiger charge is 2.13. The van der Waals surface area contributed by atoms with E-state index >= 15 is 0 Å². The molecule has 5 nitrogen and oxygen atoms in total. The minimum absolute atomic E-state index is 0.00871. The number of urea groups is 1. The SMILES string of the molecule is Cc1cc(NC(=O)N(C)Cc2ccc(F)cc2F)no1. The van der Waals surface area contributed by atoms with Gasteiger partial charge >= 0.3 is 6.03 Å². The fourth-order valence-electron chi connectivity index (χ4n) is 1.61. The maximum atomic E-state index is 13.5. The largest absolute Gasteiger partial charge is 0.360 e. The minimum atomic E-state index is -0.693.